The standard InChI is InChI=1S/C14H20N4OS/c1-8-3-6-11(13(16)20)14(17-8)18-7-10(12(15)19)5-4-9(18)2/h3,6,9-10H,4-5,7H2,1-2H3,(H2,15,19)(H2,16,20). The number of hydrogen-bond donors (Lipinski definition) is 2. The average molecular weight is 292 g/mol. The molecule has 2 heterocycles. The number of carbonyl (C=O) groups is 1. The Labute approximate surface area is 124 Å². The third-order valence-corrected chi connectivity index (χ3v) is 4.06. The number of piperidine rings is 1. The van der Waals surface area contributed by atoms with Gasteiger partial charge < -0.3 is 16.4 Å². The van der Waals surface area contributed by atoms with Gasteiger partial charge in [0.05, 0.1) is 11.5 Å². The van der Waals surface area contributed by atoms with E-state index in [2.05, 4.69) is 16.8 Å². The maximum atomic E-state index is 11.4. The van der Waals surface area contributed by atoms with Gasteiger partial charge >= 0.3 is 0 Å². The maximum Gasteiger partial charge on any atom is 0.222 e. The molecule has 5 nitrogen and oxygen atoms in total. The zero-order chi connectivity index (χ0) is 14.9. The fourth-order valence-corrected chi connectivity index (χ4v) is 2.75. The summed E-state index contributed by atoms with van der Waals surface area (Å²) in [6.45, 7) is 4.61. The molecule has 1 amide bonds. The van der Waals surface area contributed by atoms with Crippen LogP contribution in [-0.4, -0.2) is 28.5 Å². The van der Waals surface area contributed by atoms with Crippen LogP contribution in [0.2, 0.25) is 0 Å². The van der Waals surface area contributed by atoms with E-state index in [4.69, 9.17) is 23.7 Å². The normalized spacial score (nSPS) is 22.6. The molecule has 0 aromatic carbocycles. The highest BCUT2D eigenvalue weighted by Gasteiger charge is 2.30. The summed E-state index contributed by atoms with van der Waals surface area (Å²) in [7, 11) is 0. The minimum absolute atomic E-state index is 0.146. The molecule has 1 saturated heterocycles. The summed E-state index contributed by atoms with van der Waals surface area (Å²) in [6.07, 6.45) is 1.72. The lowest BCUT2D eigenvalue weighted by Gasteiger charge is -2.38. The van der Waals surface area contributed by atoms with Crippen molar-refractivity contribution in [3.05, 3.63) is 23.4 Å². The first-order chi connectivity index (χ1) is 9.40. The van der Waals surface area contributed by atoms with Crippen molar-refractivity contribution in [2.24, 2.45) is 17.4 Å². The molecule has 108 valence electrons. The largest absolute Gasteiger partial charge is 0.389 e. The number of thiocarbonyl (C=S) groups is 1. The van der Waals surface area contributed by atoms with Crippen molar-refractivity contribution in [3.63, 3.8) is 0 Å². The highest BCUT2D eigenvalue weighted by atomic mass is 32.1. The number of anilines is 1. The number of primary amides is 1. The second-order valence-electron chi connectivity index (χ2n) is 5.37. The van der Waals surface area contributed by atoms with Crippen LogP contribution >= 0.6 is 12.2 Å². The molecule has 6 heteroatoms. The van der Waals surface area contributed by atoms with E-state index in [1.807, 2.05) is 19.1 Å². The molecule has 1 fully saturated rings. The average Bonchev–Trinajstić information content (AvgIpc) is 2.38. The summed E-state index contributed by atoms with van der Waals surface area (Å²) in [4.78, 5) is 18.4. The first-order valence-corrected chi connectivity index (χ1v) is 7.14. The van der Waals surface area contributed by atoms with Crippen molar-refractivity contribution >= 4 is 28.9 Å². The van der Waals surface area contributed by atoms with Crippen molar-refractivity contribution in [3.8, 4) is 0 Å². The number of aryl methyl sites for hydroxylation is 1. The first-order valence-electron chi connectivity index (χ1n) is 6.73. The van der Waals surface area contributed by atoms with Gasteiger partial charge in [-0.3, -0.25) is 4.79 Å². The van der Waals surface area contributed by atoms with Gasteiger partial charge in [0.15, 0.2) is 0 Å². The third kappa shape index (κ3) is 2.90. The molecule has 1 aliphatic heterocycles. The van der Waals surface area contributed by atoms with Gasteiger partial charge in [0.1, 0.15) is 10.8 Å². The summed E-state index contributed by atoms with van der Waals surface area (Å²) < 4.78 is 0. The number of pyridine rings is 1. The van der Waals surface area contributed by atoms with Crippen LogP contribution in [0.25, 0.3) is 0 Å². The fourth-order valence-electron chi connectivity index (χ4n) is 2.59. The van der Waals surface area contributed by atoms with Crippen LogP contribution in [0.1, 0.15) is 31.0 Å². The molecule has 2 rings (SSSR count). The number of nitrogens with two attached hydrogens (primary N) is 2. The molecular formula is C14H20N4OS. The number of rotatable bonds is 3. The van der Waals surface area contributed by atoms with E-state index < -0.39 is 0 Å². The Bertz CT molecular complexity index is 546. The van der Waals surface area contributed by atoms with Gasteiger partial charge in [-0.25, -0.2) is 4.98 Å². The Balaban J connectivity index is 2.40. The molecule has 0 bridgehead atoms. The van der Waals surface area contributed by atoms with E-state index >= 15 is 0 Å². The SMILES string of the molecule is Cc1ccc(C(N)=S)c(N2CC(C(N)=O)CCC2C)n1. The van der Waals surface area contributed by atoms with Crippen molar-refractivity contribution in [2.45, 2.75) is 32.7 Å². The highest BCUT2D eigenvalue weighted by molar-refractivity contribution is 7.80. The summed E-state index contributed by atoms with van der Waals surface area (Å²) in [5.41, 5.74) is 12.9. The van der Waals surface area contributed by atoms with Crippen molar-refractivity contribution in [1.82, 2.24) is 4.98 Å². The molecule has 0 radical (unpaired) electrons. The van der Waals surface area contributed by atoms with Gasteiger partial charge in [-0.05, 0) is 38.8 Å². The number of hydrogen-bond acceptors (Lipinski definition) is 4. The van der Waals surface area contributed by atoms with Crippen molar-refractivity contribution in [2.75, 3.05) is 11.4 Å². The molecule has 1 aromatic rings. The van der Waals surface area contributed by atoms with Crippen molar-refractivity contribution in [1.29, 1.82) is 0 Å². The lowest BCUT2D eigenvalue weighted by Crippen LogP contribution is -2.47. The Kier molecular flexibility index (Phi) is 4.23. The van der Waals surface area contributed by atoms with Crippen LogP contribution < -0.4 is 16.4 Å². The molecule has 0 spiro atoms. The van der Waals surface area contributed by atoms with Crippen molar-refractivity contribution < 1.29 is 4.79 Å². The molecule has 4 N–H and O–H groups in total. The molecule has 0 saturated carbocycles. The second-order valence-corrected chi connectivity index (χ2v) is 5.81. The molecule has 2 unspecified atom stereocenters. The smallest absolute Gasteiger partial charge is 0.222 e. The number of nitrogens with zero attached hydrogens (tertiary/aromatic N) is 2. The van der Waals surface area contributed by atoms with Crippen LogP contribution in [0.3, 0.4) is 0 Å². The minimum Gasteiger partial charge on any atom is -0.389 e. The summed E-state index contributed by atoms with van der Waals surface area (Å²) in [5.74, 6) is 0.357. The molecule has 1 aliphatic rings. The van der Waals surface area contributed by atoms with E-state index in [0.29, 0.717) is 11.5 Å². The number of aromatic nitrogens is 1. The molecule has 0 aliphatic carbocycles. The van der Waals surface area contributed by atoms with Crippen LogP contribution in [0.4, 0.5) is 5.82 Å². The van der Waals surface area contributed by atoms with Gasteiger partial charge in [-0.15, -0.1) is 0 Å². The van der Waals surface area contributed by atoms with E-state index in [0.717, 1.165) is 29.9 Å². The molecule has 1 aromatic heterocycles. The monoisotopic (exact) mass is 292 g/mol. The predicted octanol–water partition coefficient (Wildman–Crippen LogP) is 1.11. The first kappa shape index (κ1) is 14.7. The van der Waals surface area contributed by atoms with Gasteiger partial charge in [0, 0.05) is 18.3 Å². The molecule has 20 heavy (non-hydrogen) atoms. The Morgan fingerprint density at radius 2 is 2.10 bits per heavy atom. The summed E-state index contributed by atoms with van der Waals surface area (Å²) in [5, 5.41) is 0. The van der Waals surface area contributed by atoms with E-state index in [9.17, 15) is 4.79 Å². The maximum absolute atomic E-state index is 11.4. The van der Waals surface area contributed by atoms with Gasteiger partial charge in [0.2, 0.25) is 5.91 Å². The predicted molar refractivity (Wildman–Crippen MR) is 83.6 cm³/mol. The Morgan fingerprint density at radius 3 is 2.70 bits per heavy atom. The highest BCUT2D eigenvalue weighted by Crippen LogP contribution is 2.29. The topological polar surface area (TPSA) is 85.2 Å². The molecule has 2 atom stereocenters. The van der Waals surface area contributed by atoms with Gasteiger partial charge in [-0.2, -0.15) is 0 Å². The van der Waals surface area contributed by atoms with E-state index in [1.54, 1.807) is 0 Å². The zero-order valence-corrected chi connectivity index (χ0v) is 12.6. The van der Waals surface area contributed by atoms with Crippen LogP contribution in [0.15, 0.2) is 12.1 Å². The minimum atomic E-state index is -0.258. The zero-order valence-electron chi connectivity index (χ0n) is 11.8. The Morgan fingerprint density at radius 1 is 1.40 bits per heavy atom. The number of amides is 1. The van der Waals surface area contributed by atoms with Crippen LogP contribution in [0, 0.1) is 12.8 Å². The second kappa shape index (κ2) is 5.75. The Hall–Kier alpha value is -1.69. The van der Waals surface area contributed by atoms with Crippen LogP contribution in [-0.2, 0) is 4.79 Å². The molecular weight excluding hydrogens is 272 g/mol. The number of carbonyl (C=O) groups excluding carboxylic acids is 1. The quantitative estimate of drug-likeness (QED) is 0.815. The van der Waals surface area contributed by atoms with E-state index in [-0.39, 0.29) is 17.9 Å². The fraction of sp³-hybridized carbons (Fsp3) is 0.500. The van der Waals surface area contributed by atoms with Gasteiger partial charge in [0.25, 0.3) is 0 Å². The summed E-state index contributed by atoms with van der Waals surface area (Å²) >= 11 is 5.10. The van der Waals surface area contributed by atoms with E-state index in [1.165, 1.54) is 0 Å². The van der Waals surface area contributed by atoms with Gasteiger partial charge in [-0.1, -0.05) is 12.2 Å². The lowest BCUT2D eigenvalue weighted by atomic mass is 9.92. The van der Waals surface area contributed by atoms with Crippen LogP contribution in [0.5, 0.6) is 0 Å². The summed E-state index contributed by atoms with van der Waals surface area (Å²) in [6, 6.07) is 4.06. The third-order valence-electron chi connectivity index (χ3n) is 3.84. The lowest BCUT2D eigenvalue weighted by molar-refractivity contribution is -0.122.